The van der Waals surface area contributed by atoms with Crippen LogP contribution in [0.3, 0.4) is 0 Å². The number of thiophene rings is 1. The molecule has 0 amide bonds. The fourth-order valence-corrected chi connectivity index (χ4v) is 5.26. The van der Waals surface area contributed by atoms with E-state index in [4.69, 9.17) is 0 Å². The largest absolute Gasteiger partial charge is 0.339 e. The van der Waals surface area contributed by atoms with E-state index in [0.717, 1.165) is 76.5 Å². The van der Waals surface area contributed by atoms with Gasteiger partial charge < -0.3 is 5.32 Å². The van der Waals surface area contributed by atoms with Crippen LogP contribution in [-0.2, 0) is 6.54 Å². The Kier molecular flexibility index (Phi) is 7.55. The third-order valence-corrected chi connectivity index (χ3v) is 7.03. The van der Waals surface area contributed by atoms with Crippen LogP contribution in [0.4, 0.5) is 11.5 Å². The molecule has 0 aliphatic heterocycles. The molecule has 7 heteroatoms. The summed E-state index contributed by atoms with van der Waals surface area (Å²) in [5.41, 5.74) is 4.22. The van der Waals surface area contributed by atoms with Gasteiger partial charge in [-0.15, -0.1) is 11.3 Å². The Bertz CT molecular complexity index is 1500. The van der Waals surface area contributed by atoms with Crippen LogP contribution in [0.2, 0.25) is 0 Å². The molecule has 2 aromatic carbocycles. The lowest BCUT2D eigenvalue weighted by atomic mass is 10.2. The van der Waals surface area contributed by atoms with Crippen LogP contribution in [0.5, 0.6) is 0 Å². The predicted octanol–water partition coefficient (Wildman–Crippen LogP) is 6.31. The van der Waals surface area contributed by atoms with Gasteiger partial charge in [-0.1, -0.05) is 56.0 Å². The molecular weight excluding hydrogens is 464 g/mol. The first kappa shape index (κ1) is 24.0. The van der Waals surface area contributed by atoms with Gasteiger partial charge in [0, 0.05) is 11.1 Å². The van der Waals surface area contributed by atoms with Crippen LogP contribution in [0.25, 0.3) is 21.1 Å². The zero-order chi connectivity index (χ0) is 24.7. The summed E-state index contributed by atoms with van der Waals surface area (Å²) in [4.78, 5) is 12.4. The minimum absolute atomic E-state index is 0.747. The molecule has 5 rings (SSSR count). The second kappa shape index (κ2) is 11.3. The smallest absolute Gasteiger partial charge is 0.151 e. The molecule has 1 N–H and O–H groups in total. The monoisotopic (exact) mass is 494 g/mol. The molecule has 0 atom stereocenters. The quantitative estimate of drug-likeness (QED) is 0.244. The third kappa shape index (κ3) is 5.56. The fourth-order valence-electron chi connectivity index (χ4n) is 4.33. The van der Waals surface area contributed by atoms with Gasteiger partial charge in [0.05, 0.1) is 39.9 Å². The van der Waals surface area contributed by atoms with Gasteiger partial charge in [-0.2, -0.15) is 5.10 Å². The molecule has 0 saturated carbocycles. The van der Waals surface area contributed by atoms with Gasteiger partial charge in [-0.25, -0.2) is 9.97 Å². The van der Waals surface area contributed by atoms with Crippen molar-refractivity contribution in [3.8, 4) is 11.8 Å². The van der Waals surface area contributed by atoms with Crippen LogP contribution in [0.1, 0.15) is 37.1 Å². The number of aromatic nitrogens is 4. The molecule has 182 valence electrons. The van der Waals surface area contributed by atoms with E-state index in [1.54, 1.807) is 17.7 Å². The maximum absolute atomic E-state index is 4.60. The number of benzene rings is 2. The Morgan fingerprint density at radius 1 is 1.00 bits per heavy atom. The van der Waals surface area contributed by atoms with E-state index in [9.17, 15) is 0 Å². The molecule has 6 nitrogen and oxygen atoms in total. The maximum atomic E-state index is 4.60. The second-order valence-electron chi connectivity index (χ2n) is 8.81. The highest BCUT2D eigenvalue weighted by molar-refractivity contribution is 7.20. The van der Waals surface area contributed by atoms with Crippen LogP contribution >= 0.6 is 11.3 Å². The normalized spacial score (nSPS) is 11.2. The highest BCUT2D eigenvalue weighted by Crippen LogP contribution is 2.31. The van der Waals surface area contributed by atoms with E-state index >= 15 is 0 Å². The molecular formula is C29H30N6S. The molecule has 0 spiro atoms. The average Bonchev–Trinajstić information content (AvgIpc) is 3.49. The molecule has 5 aromatic rings. The number of anilines is 2. The van der Waals surface area contributed by atoms with Gasteiger partial charge in [0.25, 0.3) is 0 Å². The molecule has 0 aliphatic carbocycles. The number of rotatable bonds is 9. The Hall–Kier alpha value is -3.73. The van der Waals surface area contributed by atoms with Crippen molar-refractivity contribution in [1.29, 1.82) is 0 Å². The number of hydrogen-bond donors (Lipinski definition) is 1. The summed E-state index contributed by atoms with van der Waals surface area (Å²) in [6.07, 6.45) is 5.82. The lowest BCUT2D eigenvalue weighted by Gasteiger charge is -2.17. The molecule has 0 radical (unpaired) electrons. The molecule has 0 fully saturated rings. The number of fused-ring (bicyclic) bond motifs is 2. The molecule has 0 unspecified atom stereocenters. The van der Waals surface area contributed by atoms with Crippen LogP contribution in [0.15, 0.2) is 67.1 Å². The van der Waals surface area contributed by atoms with Gasteiger partial charge in [-0.05, 0) is 55.8 Å². The summed E-state index contributed by atoms with van der Waals surface area (Å²) in [6, 6.07) is 18.7. The standard InChI is InChI=1S/C29H30N6S/c1-3-14-34(15-4-2)16-8-11-25-18-26-28(36-25)29(31-21-30-26)33-24-12-13-27-23(17-24)19-32-35(27)20-22-9-6-5-7-10-22/h5-7,9-10,12-13,17-19,21H,3-4,14-16,20H2,1-2H3,(H,30,31,33). The van der Waals surface area contributed by atoms with Crippen molar-refractivity contribution >= 4 is 44.0 Å². The highest BCUT2D eigenvalue weighted by Gasteiger charge is 2.10. The SMILES string of the molecule is CCCN(CC#Cc1cc2ncnc(Nc3ccc4c(cnn4Cc4ccccc4)c3)c2s1)CCC. The van der Waals surface area contributed by atoms with Crippen molar-refractivity contribution in [2.45, 2.75) is 33.2 Å². The summed E-state index contributed by atoms with van der Waals surface area (Å²) in [5.74, 6) is 7.49. The lowest BCUT2D eigenvalue weighted by Crippen LogP contribution is -2.25. The van der Waals surface area contributed by atoms with Crippen molar-refractivity contribution in [2.75, 3.05) is 25.0 Å². The summed E-state index contributed by atoms with van der Waals surface area (Å²) in [7, 11) is 0. The van der Waals surface area contributed by atoms with Gasteiger partial charge in [0.15, 0.2) is 5.82 Å². The zero-order valence-corrected chi connectivity index (χ0v) is 21.6. The van der Waals surface area contributed by atoms with Crippen molar-refractivity contribution in [1.82, 2.24) is 24.6 Å². The van der Waals surface area contributed by atoms with E-state index in [1.165, 1.54) is 5.56 Å². The first-order valence-corrected chi connectivity index (χ1v) is 13.3. The van der Waals surface area contributed by atoms with Gasteiger partial charge in [0.2, 0.25) is 0 Å². The van der Waals surface area contributed by atoms with Crippen molar-refractivity contribution in [3.05, 3.63) is 77.6 Å². The van der Waals surface area contributed by atoms with Crippen molar-refractivity contribution in [3.63, 3.8) is 0 Å². The average molecular weight is 495 g/mol. The summed E-state index contributed by atoms with van der Waals surface area (Å²) < 4.78 is 3.05. The van der Waals surface area contributed by atoms with E-state index in [0.29, 0.717) is 0 Å². The summed E-state index contributed by atoms with van der Waals surface area (Å²) in [5, 5.41) is 9.17. The highest BCUT2D eigenvalue weighted by atomic mass is 32.1. The van der Waals surface area contributed by atoms with Gasteiger partial charge in [-0.3, -0.25) is 9.58 Å². The Morgan fingerprint density at radius 2 is 1.83 bits per heavy atom. The maximum Gasteiger partial charge on any atom is 0.151 e. The van der Waals surface area contributed by atoms with E-state index in [1.807, 2.05) is 16.9 Å². The number of hydrogen-bond acceptors (Lipinski definition) is 6. The third-order valence-electron chi connectivity index (χ3n) is 5.98. The minimum atomic E-state index is 0.747. The van der Waals surface area contributed by atoms with Crippen molar-refractivity contribution < 1.29 is 0 Å². The Balaban J connectivity index is 1.34. The van der Waals surface area contributed by atoms with Gasteiger partial charge >= 0.3 is 0 Å². The van der Waals surface area contributed by atoms with Crippen LogP contribution in [-0.4, -0.2) is 44.3 Å². The fraction of sp³-hybridized carbons (Fsp3) is 0.276. The Labute approximate surface area is 216 Å². The topological polar surface area (TPSA) is 58.9 Å². The predicted molar refractivity (Wildman–Crippen MR) is 150 cm³/mol. The number of nitrogens with zero attached hydrogens (tertiary/aromatic N) is 5. The van der Waals surface area contributed by atoms with Crippen molar-refractivity contribution in [2.24, 2.45) is 0 Å². The Morgan fingerprint density at radius 3 is 2.64 bits per heavy atom. The summed E-state index contributed by atoms with van der Waals surface area (Å²) in [6.45, 7) is 8.14. The van der Waals surface area contributed by atoms with Crippen LogP contribution < -0.4 is 5.32 Å². The van der Waals surface area contributed by atoms with Gasteiger partial charge in [0.1, 0.15) is 6.33 Å². The molecule has 0 saturated heterocycles. The zero-order valence-electron chi connectivity index (χ0n) is 20.7. The minimum Gasteiger partial charge on any atom is -0.339 e. The van der Waals surface area contributed by atoms with E-state index in [-0.39, 0.29) is 0 Å². The first-order valence-electron chi connectivity index (χ1n) is 12.5. The van der Waals surface area contributed by atoms with E-state index in [2.05, 4.69) is 99.5 Å². The van der Waals surface area contributed by atoms with Crippen LogP contribution in [0, 0.1) is 11.8 Å². The summed E-state index contributed by atoms with van der Waals surface area (Å²) >= 11 is 1.63. The molecule has 0 aliphatic rings. The molecule has 3 aromatic heterocycles. The second-order valence-corrected chi connectivity index (χ2v) is 9.86. The molecule has 0 bridgehead atoms. The van der Waals surface area contributed by atoms with E-state index < -0.39 is 0 Å². The molecule has 36 heavy (non-hydrogen) atoms. The molecule has 3 heterocycles. The lowest BCUT2D eigenvalue weighted by molar-refractivity contribution is 0.308. The number of nitrogens with one attached hydrogen (secondary N) is 1. The first-order chi connectivity index (χ1) is 17.7.